The zero-order valence-electron chi connectivity index (χ0n) is 13.2. The summed E-state index contributed by atoms with van der Waals surface area (Å²) in [6.07, 6.45) is -4.73. The van der Waals surface area contributed by atoms with Crippen molar-refractivity contribution in [1.82, 2.24) is 5.32 Å². The molecule has 0 aromatic heterocycles. The highest BCUT2D eigenvalue weighted by Crippen LogP contribution is 2.21. The first kappa shape index (κ1) is 20.2. The molecule has 1 unspecified atom stereocenters. The van der Waals surface area contributed by atoms with E-state index in [1.165, 1.54) is 0 Å². The first-order valence-corrected chi connectivity index (χ1v) is 7.20. The van der Waals surface area contributed by atoms with Crippen LogP contribution >= 0.6 is 0 Å². The second-order valence-corrected chi connectivity index (χ2v) is 5.43. The predicted molar refractivity (Wildman–Crippen MR) is 74.0 cm³/mol. The normalized spacial score (nSPS) is 15.0. The summed E-state index contributed by atoms with van der Waals surface area (Å²) in [4.78, 5) is 12.0. The molecule has 0 radical (unpaired) electrons. The van der Waals surface area contributed by atoms with Crippen LogP contribution in [0, 0.1) is 0 Å². The van der Waals surface area contributed by atoms with Crippen molar-refractivity contribution < 1.29 is 27.4 Å². The van der Waals surface area contributed by atoms with Gasteiger partial charge in [0.2, 0.25) is 0 Å². The lowest BCUT2D eigenvalue weighted by atomic mass is 9.97. The van der Waals surface area contributed by atoms with Crippen molar-refractivity contribution in [2.24, 2.45) is 0 Å². The molecule has 0 spiro atoms. The van der Waals surface area contributed by atoms with Crippen LogP contribution in [0.4, 0.5) is 13.2 Å². The summed E-state index contributed by atoms with van der Waals surface area (Å²) in [5.74, 6) is -0.377. The quantitative estimate of drug-likeness (QED) is 0.497. The van der Waals surface area contributed by atoms with Gasteiger partial charge in [0.1, 0.15) is 5.54 Å². The van der Waals surface area contributed by atoms with Crippen LogP contribution in [0.1, 0.15) is 47.0 Å². The summed E-state index contributed by atoms with van der Waals surface area (Å²) < 4.78 is 46.1. The lowest BCUT2D eigenvalue weighted by Crippen LogP contribution is -2.53. The number of carbonyl (C=O) groups is 1. The fourth-order valence-electron chi connectivity index (χ4n) is 1.91. The van der Waals surface area contributed by atoms with Gasteiger partial charge in [-0.1, -0.05) is 0 Å². The Hall–Kier alpha value is -0.820. The van der Waals surface area contributed by atoms with Gasteiger partial charge in [0.05, 0.1) is 6.61 Å². The first-order valence-electron chi connectivity index (χ1n) is 7.20. The highest BCUT2D eigenvalue weighted by Gasteiger charge is 2.34. The van der Waals surface area contributed by atoms with Gasteiger partial charge in [0.15, 0.2) is 0 Å². The zero-order valence-corrected chi connectivity index (χ0v) is 13.2. The Bertz CT molecular complexity index is 308. The summed E-state index contributed by atoms with van der Waals surface area (Å²) in [6.45, 7) is 7.75. The fraction of sp³-hybridized carbons (Fsp3) is 0.929. The van der Waals surface area contributed by atoms with Gasteiger partial charge in [-0.15, -0.1) is 0 Å². The molecule has 0 heterocycles. The monoisotopic (exact) mass is 313 g/mol. The maximum atomic E-state index is 12.0. The average Bonchev–Trinajstić information content (AvgIpc) is 2.31. The van der Waals surface area contributed by atoms with Crippen LogP contribution in [0.25, 0.3) is 0 Å². The molecule has 1 atom stereocenters. The Balaban J connectivity index is 4.16. The van der Waals surface area contributed by atoms with E-state index in [2.05, 4.69) is 5.32 Å². The molecule has 0 aliphatic rings. The molecule has 0 bridgehead atoms. The van der Waals surface area contributed by atoms with Crippen LogP contribution in [-0.2, 0) is 14.3 Å². The van der Waals surface area contributed by atoms with Crippen LogP contribution in [0.15, 0.2) is 0 Å². The van der Waals surface area contributed by atoms with Crippen LogP contribution in [0.3, 0.4) is 0 Å². The highest BCUT2D eigenvalue weighted by molar-refractivity contribution is 5.80. The molecule has 0 amide bonds. The van der Waals surface area contributed by atoms with Crippen LogP contribution in [0.5, 0.6) is 0 Å². The number of halogens is 3. The predicted octanol–water partition coefficient (Wildman–Crippen LogP) is 3.06. The van der Waals surface area contributed by atoms with E-state index >= 15 is 0 Å². The van der Waals surface area contributed by atoms with E-state index in [4.69, 9.17) is 9.47 Å². The molecule has 0 fully saturated rings. The smallest absolute Gasteiger partial charge is 0.389 e. The molecule has 0 aromatic rings. The third-order valence-electron chi connectivity index (χ3n) is 2.83. The van der Waals surface area contributed by atoms with Crippen LogP contribution < -0.4 is 5.32 Å². The largest absolute Gasteiger partial charge is 0.465 e. The molecule has 4 nitrogen and oxygen atoms in total. The first-order chi connectivity index (χ1) is 9.60. The Morgan fingerprint density at radius 3 is 2.29 bits per heavy atom. The van der Waals surface area contributed by atoms with E-state index in [1.54, 1.807) is 13.8 Å². The highest BCUT2D eigenvalue weighted by atomic mass is 19.4. The maximum Gasteiger partial charge on any atom is 0.389 e. The second kappa shape index (κ2) is 9.25. The van der Waals surface area contributed by atoms with Gasteiger partial charge < -0.3 is 9.47 Å². The van der Waals surface area contributed by atoms with Gasteiger partial charge in [0, 0.05) is 25.7 Å². The molecule has 0 saturated carbocycles. The lowest BCUT2D eigenvalue weighted by molar-refractivity contribution is -0.151. The van der Waals surface area contributed by atoms with Crippen molar-refractivity contribution in [1.29, 1.82) is 0 Å². The van der Waals surface area contributed by atoms with Crippen molar-refractivity contribution >= 4 is 5.97 Å². The maximum absolute atomic E-state index is 12.0. The van der Waals surface area contributed by atoms with Gasteiger partial charge >= 0.3 is 12.1 Å². The minimum atomic E-state index is -4.15. The number of hydrogen-bond acceptors (Lipinski definition) is 4. The van der Waals surface area contributed by atoms with Crippen molar-refractivity contribution in [2.45, 2.75) is 64.7 Å². The topological polar surface area (TPSA) is 47.6 Å². The molecular formula is C14H26F3NO3. The summed E-state index contributed by atoms with van der Waals surface area (Å²) in [6, 6.07) is 0.0737. The Morgan fingerprint density at radius 1 is 1.19 bits per heavy atom. The standard InChI is InChI=1S/C14H26F3NO3/c1-5-21-12(19)13(4,18-11(2)3)8-10-20-9-6-7-14(15,16)17/h11,18H,5-10H2,1-4H3. The number of esters is 1. The molecule has 0 aliphatic carbocycles. The second-order valence-electron chi connectivity index (χ2n) is 5.43. The van der Waals surface area contributed by atoms with Crippen LogP contribution in [-0.4, -0.2) is 43.5 Å². The molecule has 7 heteroatoms. The third kappa shape index (κ3) is 9.68. The summed E-state index contributed by atoms with van der Waals surface area (Å²) in [7, 11) is 0. The Morgan fingerprint density at radius 2 is 1.81 bits per heavy atom. The SMILES string of the molecule is CCOC(=O)C(C)(CCOCCCC(F)(F)F)NC(C)C. The van der Waals surface area contributed by atoms with Gasteiger partial charge in [-0.25, -0.2) is 0 Å². The minimum Gasteiger partial charge on any atom is -0.465 e. The molecule has 0 rings (SSSR count). The lowest BCUT2D eigenvalue weighted by Gasteiger charge is -2.30. The van der Waals surface area contributed by atoms with E-state index in [0.29, 0.717) is 6.42 Å². The number of hydrogen-bond donors (Lipinski definition) is 1. The van der Waals surface area contributed by atoms with E-state index in [1.807, 2.05) is 13.8 Å². The van der Waals surface area contributed by atoms with E-state index in [9.17, 15) is 18.0 Å². The average molecular weight is 313 g/mol. The van der Waals surface area contributed by atoms with E-state index in [0.717, 1.165) is 0 Å². The Labute approximate surface area is 124 Å². The summed E-state index contributed by atoms with van der Waals surface area (Å²) in [5.41, 5.74) is -0.895. The van der Waals surface area contributed by atoms with Gasteiger partial charge in [-0.2, -0.15) is 13.2 Å². The summed E-state index contributed by atoms with van der Waals surface area (Å²) in [5, 5.41) is 3.12. The summed E-state index contributed by atoms with van der Waals surface area (Å²) >= 11 is 0. The van der Waals surface area contributed by atoms with Gasteiger partial charge in [-0.05, 0) is 40.5 Å². The molecule has 0 saturated heterocycles. The Kier molecular flexibility index (Phi) is 8.89. The number of nitrogens with one attached hydrogen (secondary N) is 1. The van der Waals surface area contributed by atoms with Crippen molar-refractivity contribution in [3.8, 4) is 0 Å². The molecule has 0 aromatic carbocycles. The fourth-order valence-corrected chi connectivity index (χ4v) is 1.91. The molecular weight excluding hydrogens is 287 g/mol. The molecule has 1 N–H and O–H groups in total. The number of ether oxygens (including phenoxy) is 2. The minimum absolute atomic E-state index is 0.0279. The molecule has 126 valence electrons. The van der Waals surface area contributed by atoms with Gasteiger partial charge in [0.25, 0.3) is 0 Å². The molecule has 21 heavy (non-hydrogen) atoms. The van der Waals surface area contributed by atoms with Crippen molar-refractivity contribution in [2.75, 3.05) is 19.8 Å². The van der Waals surface area contributed by atoms with Crippen molar-refractivity contribution in [3.05, 3.63) is 0 Å². The van der Waals surface area contributed by atoms with Crippen LogP contribution in [0.2, 0.25) is 0 Å². The van der Waals surface area contributed by atoms with E-state index in [-0.39, 0.29) is 38.3 Å². The van der Waals surface area contributed by atoms with Gasteiger partial charge in [-0.3, -0.25) is 10.1 Å². The number of alkyl halides is 3. The number of rotatable bonds is 10. The third-order valence-corrected chi connectivity index (χ3v) is 2.83. The number of carbonyl (C=O) groups excluding carboxylic acids is 1. The molecule has 0 aliphatic heterocycles. The van der Waals surface area contributed by atoms with E-state index < -0.39 is 18.1 Å². The zero-order chi connectivity index (χ0) is 16.5. The van der Waals surface area contributed by atoms with Crippen molar-refractivity contribution in [3.63, 3.8) is 0 Å².